The van der Waals surface area contributed by atoms with Gasteiger partial charge in [0, 0.05) is 24.7 Å². The Morgan fingerprint density at radius 3 is 2.50 bits per heavy atom. The van der Waals surface area contributed by atoms with Crippen molar-refractivity contribution < 1.29 is 22.3 Å². The fourth-order valence-electron chi connectivity index (χ4n) is 3.44. The molecule has 1 N–H and O–H groups in total. The molecule has 162 valence electrons. The van der Waals surface area contributed by atoms with E-state index in [4.69, 9.17) is 4.74 Å². The Kier molecular flexibility index (Phi) is 7.44. The molecule has 0 bridgehead atoms. The SMILES string of the molecule is CC1CCCCN1S(=O)(=O)c1ccc(C(=O)NCCCOc2ccc(F)cc2)cc1. The number of hydrogen-bond acceptors (Lipinski definition) is 4. The molecule has 1 amide bonds. The number of ether oxygens (including phenoxy) is 1. The third-order valence-corrected chi connectivity index (χ3v) is 7.18. The number of carbonyl (C=O) groups excluding carboxylic acids is 1. The fourth-order valence-corrected chi connectivity index (χ4v) is 5.14. The van der Waals surface area contributed by atoms with Crippen LogP contribution in [0.5, 0.6) is 5.75 Å². The molecule has 3 rings (SSSR count). The van der Waals surface area contributed by atoms with E-state index in [1.165, 1.54) is 36.4 Å². The van der Waals surface area contributed by atoms with E-state index in [0.717, 1.165) is 19.3 Å². The van der Waals surface area contributed by atoms with Gasteiger partial charge in [-0.3, -0.25) is 4.79 Å². The molecule has 0 radical (unpaired) electrons. The van der Waals surface area contributed by atoms with Crippen molar-refractivity contribution in [3.05, 3.63) is 59.9 Å². The molecule has 1 fully saturated rings. The molecule has 0 spiro atoms. The Bertz CT molecular complexity index is 946. The molecule has 1 heterocycles. The fraction of sp³-hybridized carbons (Fsp3) is 0.409. The molecule has 0 aliphatic carbocycles. The van der Waals surface area contributed by atoms with Crippen LogP contribution in [0.3, 0.4) is 0 Å². The Labute approximate surface area is 177 Å². The van der Waals surface area contributed by atoms with E-state index >= 15 is 0 Å². The second-order valence-corrected chi connectivity index (χ2v) is 9.29. The largest absolute Gasteiger partial charge is 0.494 e. The van der Waals surface area contributed by atoms with Gasteiger partial charge in [-0.25, -0.2) is 12.8 Å². The maximum Gasteiger partial charge on any atom is 0.251 e. The average molecular weight is 435 g/mol. The van der Waals surface area contributed by atoms with Gasteiger partial charge in [0.05, 0.1) is 11.5 Å². The lowest BCUT2D eigenvalue weighted by Crippen LogP contribution is -2.41. The van der Waals surface area contributed by atoms with Crippen LogP contribution in [0.25, 0.3) is 0 Å². The van der Waals surface area contributed by atoms with Gasteiger partial charge in [0.1, 0.15) is 11.6 Å². The molecule has 0 aromatic heterocycles. The van der Waals surface area contributed by atoms with Crippen LogP contribution in [0.1, 0.15) is 43.0 Å². The Hall–Kier alpha value is -2.45. The predicted octanol–water partition coefficient (Wildman–Crippen LogP) is 3.59. The zero-order chi connectivity index (χ0) is 21.6. The number of halogens is 1. The zero-order valence-electron chi connectivity index (χ0n) is 17.0. The molecule has 1 aliphatic heterocycles. The molecule has 1 saturated heterocycles. The monoisotopic (exact) mass is 434 g/mol. The van der Waals surface area contributed by atoms with Crippen LogP contribution < -0.4 is 10.1 Å². The number of piperidine rings is 1. The molecule has 1 unspecified atom stereocenters. The minimum absolute atomic E-state index is 0.0103. The van der Waals surface area contributed by atoms with Crippen molar-refractivity contribution in [2.45, 2.75) is 43.5 Å². The lowest BCUT2D eigenvalue weighted by molar-refractivity contribution is 0.0951. The molecule has 6 nitrogen and oxygen atoms in total. The summed E-state index contributed by atoms with van der Waals surface area (Å²) in [6.45, 7) is 3.26. The smallest absolute Gasteiger partial charge is 0.251 e. The number of rotatable bonds is 8. The van der Waals surface area contributed by atoms with Crippen molar-refractivity contribution in [3.63, 3.8) is 0 Å². The van der Waals surface area contributed by atoms with Gasteiger partial charge in [-0.15, -0.1) is 0 Å². The normalized spacial score (nSPS) is 17.5. The van der Waals surface area contributed by atoms with Crippen LogP contribution in [0.4, 0.5) is 4.39 Å². The summed E-state index contributed by atoms with van der Waals surface area (Å²) >= 11 is 0. The van der Waals surface area contributed by atoms with E-state index < -0.39 is 10.0 Å². The van der Waals surface area contributed by atoms with Gasteiger partial charge in [0.15, 0.2) is 0 Å². The number of carbonyl (C=O) groups is 1. The van der Waals surface area contributed by atoms with Gasteiger partial charge >= 0.3 is 0 Å². The van der Waals surface area contributed by atoms with Crippen LogP contribution in [0.2, 0.25) is 0 Å². The van der Waals surface area contributed by atoms with Gasteiger partial charge in [0.25, 0.3) is 5.91 Å². The van der Waals surface area contributed by atoms with E-state index in [2.05, 4.69) is 5.32 Å². The van der Waals surface area contributed by atoms with Crippen LogP contribution in [-0.2, 0) is 10.0 Å². The standard InChI is InChI=1S/C22H27FN2O4S/c1-17-5-2-3-15-25(17)30(27,28)21-12-6-18(7-13-21)22(26)24-14-4-16-29-20-10-8-19(23)9-11-20/h6-13,17H,2-5,14-16H2,1H3,(H,24,26). The van der Waals surface area contributed by atoms with Crippen molar-refractivity contribution in [2.75, 3.05) is 19.7 Å². The summed E-state index contributed by atoms with van der Waals surface area (Å²) in [6.07, 6.45) is 3.36. The molecule has 30 heavy (non-hydrogen) atoms. The van der Waals surface area contributed by atoms with E-state index in [1.54, 1.807) is 16.4 Å². The third kappa shape index (κ3) is 5.58. The van der Waals surface area contributed by atoms with Gasteiger partial charge in [-0.05, 0) is 74.7 Å². The molecule has 1 atom stereocenters. The number of benzene rings is 2. The molecule has 1 aliphatic rings. The maximum atomic E-state index is 12.8. The summed E-state index contributed by atoms with van der Waals surface area (Å²) in [5, 5.41) is 2.78. The van der Waals surface area contributed by atoms with Gasteiger partial charge in [-0.1, -0.05) is 6.42 Å². The molecular formula is C22H27FN2O4S. The first-order valence-corrected chi connectivity index (χ1v) is 11.6. The predicted molar refractivity (Wildman–Crippen MR) is 112 cm³/mol. The quantitative estimate of drug-likeness (QED) is 0.645. The maximum absolute atomic E-state index is 12.8. The first kappa shape index (κ1) is 22.2. The minimum Gasteiger partial charge on any atom is -0.494 e. The van der Waals surface area contributed by atoms with Gasteiger partial charge < -0.3 is 10.1 Å². The van der Waals surface area contributed by atoms with E-state index in [-0.39, 0.29) is 22.7 Å². The molecular weight excluding hydrogens is 407 g/mol. The number of nitrogens with one attached hydrogen (secondary N) is 1. The summed E-state index contributed by atoms with van der Waals surface area (Å²) in [4.78, 5) is 12.5. The summed E-state index contributed by atoms with van der Waals surface area (Å²) < 4.78 is 45.6. The Morgan fingerprint density at radius 2 is 1.83 bits per heavy atom. The summed E-state index contributed by atoms with van der Waals surface area (Å²) in [6, 6.07) is 11.8. The van der Waals surface area contributed by atoms with Gasteiger partial charge in [-0.2, -0.15) is 4.31 Å². The van der Waals surface area contributed by atoms with Crippen molar-refractivity contribution in [1.29, 1.82) is 0 Å². The van der Waals surface area contributed by atoms with Crippen LogP contribution >= 0.6 is 0 Å². The summed E-state index contributed by atoms with van der Waals surface area (Å²) in [7, 11) is -3.55. The van der Waals surface area contributed by atoms with E-state index in [1.807, 2.05) is 6.92 Å². The van der Waals surface area contributed by atoms with E-state index in [0.29, 0.717) is 37.4 Å². The van der Waals surface area contributed by atoms with Crippen molar-refractivity contribution in [1.82, 2.24) is 9.62 Å². The number of amides is 1. The highest BCUT2D eigenvalue weighted by Gasteiger charge is 2.30. The first-order chi connectivity index (χ1) is 14.4. The van der Waals surface area contributed by atoms with Crippen molar-refractivity contribution in [3.8, 4) is 5.75 Å². The number of hydrogen-bond donors (Lipinski definition) is 1. The summed E-state index contributed by atoms with van der Waals surface area (Å²) in [5.41, 5.74) is 0.403. The lowest BCUT2D eigenvalue weighted by Gasteiger charge is -2.32. The van der Waals surface area contributed by atoms with Crippen molar-refractivity contribution in [2.24, 2.45) is 0 Å². The molecule has 8 heteroatoms. The van der Waals surface area contributed by atoms with Gasteiger partial charge in [0.2, 0.25) is 10.0 Å². The topological polar surface area (TPSA) is 75.7 Å². The van der Waals surface area contributed by atoms with Crippen LogP contribution in [0, 0.1) is 5.82 Å². The average Bonchev–Trinajstić information content (AvgIpc) is 2.75. The highest BCUT2D eigenvalue weighted by Crippen LogP contribution is 2.25. The third-order valence-electron chi connectivity index (χ3n) is 5.15. The minimum atomic E-state index is -3.55. The van der Waals surface area contributed by atoms with Crippen LogP contribution in [-0.4, -0.2) is 44.4 Å². The Balaban J connectivity index is 1.48. The number of nitrogens with zero attached hydrogens (tertiary/aromatic N) is 1. The van der Waals surface area contributed by atoms with E-state index in [9.17, 15) is 17.6 Å². The molecule has 0 saturated carbocycles. The summed E-state index contributed by atoms with van der Waals surface area (Å²) in [5.74, 6) is -0.0199. The highest BCUT2D eigenvalue weighted by molar-refractivity contribution is 7.89. The zero-order valence-corrected chi connectivity index (χ0v) is 17.8. The second kappa shape index (κ2) is 10.0. The number of sulfonamides is 1. The highest BCUT2D eigenvalue weighted by atomic mass is 32.2. The lowest BCUT2D eigenvalue weighted by atomic mass is 10.1. The Morgan fingerprint density at radius 1 is 1.13 bits per heavy atom. The molecule has 2 aromatic rings. The molecule has 2 aromatic carbocycles. The second-order valence-electron chi connectivity index (χ2n) is 7.40. The van der Waals surface area contributed by atoms with Crippen LogP contribution in [0.15, 0.2) is 53.4 Å². The van der Waals surface area contributed by atoms with Crippen molar-refractivity contribution >= 4 is 15.9 Å². The first-order valence-electron chi connectivity index (χ1n) is 10.2.